The van der Waals surface area contributed by atoms with Gasteiger partial charge in [0.25, 0.3) is 5.91 Å². The summed E-state index contributed by atoms with van der Waals surface area (Å²) in [5, 5.41) is 2.98. The molecule has 170 valence electrons. The van der Waals surface area contributed by atoms with Crippen LogP contribution in [0.5, 0.6) is 0 Å². The van der Waals surface area contributed by atoms with E-state index < -0.39 is 10.0 Å². The van der Waals surface area contributed by atoms with Gasteiger partial charge in [-0.3, -0.25) is 19.1 Å². The molecular weight excluding hydrogens is 420 g/mol. The van der Waals surface area contributed by atoms with E-state index in [1.165, 1.54) is 0 Å². The largest absolute Gasteiger partial charge is 0.349 e. The van der Waals surface area contributed by atoms with Gasteiger partial charge in [-0.25, -0.2) is 8.42 Å². The van der Waals surface area contributed by atoms with Crippen molar-refractivity contribution >= 4 is 33.4 Å². The lowest BCUT2D eigenvalue weighted by atomic mass is 10.0. The minimum atomic E-state index is -3.37. The normalized spacial score (nSPS) is 20.3. The van der Waals surface area contributed by atoms with Gasteiger partial charge in [-0.15, -0.1) is 0 Å². The smallest absolute Gasteiger partial charge is 0.251 e. The first-order valence-corrected chi connectivity index (χ1v) is 12.4. The molecule has 1 unspecified atom stereocenters. The highest BCUT2D eigenvalue weighted by Gasteiger charge is 2.38. The van der Waals surface area contributed by atoms with E-state index in [0.29, 0.717) is 43.7 Å². The molecule has 1 atom stereocenters. The van der Waals surface area contributed by atoms with Gasteiger partial charge < -0.3 is 15.1 Å². The number of sulfonamides is 1. The summed E-state index contributed by atoms with van der Waals surface area (Å²) in [7, 11) is -3.37. The van der Waals surface area contributed by atoms with Crippen LogP contribution in [0.3, 0.4) is 0 Å². The van der Waals surface area contributed by atoms with E-state index in [-0.39, 0.29) is 42.1 Å². The Bertz CT molecular complexity index is 937. The van der Waals surface area contributed by atoms with Crippen molar-refractivity contribution in [3.63, 3.8) is 0 Å². The van der Waals surface area contributed by atoms with Crippen molar-refractivity contribution < 1.29 is 22.8 Å². The van der Waals surface area contributed by atoms with E-state index in [1.807, 2.05) is 13.8 Å². The highest BCUT2D eigenvalue weighted by molar-refractivity contribution is 7.92. The number of hydrogen-bond donors (Lipinski definition) is 2. The Kier molecular flexibility index (Phi) is 6.88. The lowest BCUT2D eigenvalue weighted by Crippen LogP contribution is -2.48. The molecule has 9 nitrogen and oxygen atoms in total. The Hall–Kier alpha value is -2.62. The number of nitrogens with zero attached hydrogens (tertiary/aromatic N) is 2. The number of benzene rings is 1. The Morgan fingerprint density at radius 1 is 1.10 bits per heavy atom. The summed E-state index contributed by atoms with van der Waals surface area (Å²) in [6, 6.07) is 6.28. The number of anilines is 1. The third-order valence-corrected chi connectivity index (χ3v) is 6.33. The first-order chi connectivity index (χ1) is 14.5. The van der Waals surface area contributed by atoms with Crippen molar-refractivity contribution in [1.82, 2.24) is 15.1 Å². The lowest BCUT2D eigenvalue weighted by molar-refractivity contribution is -0.136. The van der Waals surface area contributed by atoms with E-state index in [4.69, 9.17) is 0 Å². The van der Waals surface area contributed by atoms with Crippen LogP contribution < -0.4 is 10.0 Å². The van der Waals surface area contributed by atoms with Crippen LogP contribution in [-0.4, -0.2) is 73.9 Å². The van der Waals surface area contributed by atoms with E-state index in [1.54, 1.807) is 34.1 Å². The fourth-order valence-corrected chi connectivity index (χ4v) is 4.64. The zero-order valence-electron chi connectivity index (χ0n) is 18.1. The zero-order chi connectivity index (χ0) is 22.8. The zero-order valence-corrected chi connectivity index (χ0v) is 18.9. The molecule has 0 bridgehead atoms. The third kappa shape index (κ3) is 5.96. The second-order valence-corrected chi connectivity index (χ2v) is 10.3. The van der Waals surface area contributed by atoms with E-state index in [0.717, 1.165) is 6.26 Å². The van der Waals surface area contributed by atoms with Crippen LogP contribution in [0.4, 0.5) is 5.69 Å². The molecule has 0 aromatic heterocycles. The van der Waals surface area contributed by atoms with Gasteiger partial charge in [0.15, 0.2) is 0 Å². The summed E-state index contributed by atoms with van der Waals surface area (Å²) in [5.74, 6) is -0.451. The van der Waals surface area contributed by atoms with Crippen molar-refractivity contribution in [3.05, 3.63) is 29.8 Å². The molecule has 1 aromatic rings. The number of nitrogens with one attached hydrogen (secondary N) is 2. The number of piperidine rings is 1. The molecule has 10 heteroatoms. The Labute approximate surface area is 183 Å². The monoisotopic (exact) mass is 450 g/mol. The molecule has 2 N–H and O–H groups in total. The SMILES string of the molecule is CC(C)N1CC(C(=O)N2CCC(NC(=O)c3ccc(NS(C)(=O)=O)cc3)CC2)CC1=O. The number of hydrogen-bond acceptors (Lipinski definition) is 5. The molecule has 0 saturated carbocycles. The summed E-state index contributed by atoms with van der Waals surface area (Å²) in [4.78, 5) is 40.9. The highest BCUT2D eigenvalue weighted by atomic mass is 32.2. The van der Waals surface area contributed by atoms with Crippen molar-refractivity contribution in [1.29, 1.82) is 0 Å². The molecule has 0 radical (unpaired) electrons. The van der Waals surface area contributed by atoms with Crippen molar-refractivity contribution in [2.24, 2.45) is 5.92 Å². The number of carbonyl (C=O) groups is 3. The molecule has 2 aliphatic heterocycles. The predicted octanol–water partition coefficient (Wildman–Crippen LogP) is 1.04. The summed E-state index contributed by atoms with van der Waals surface area (Å²) in [6.07, 6.45) is 2.65. The molecule has 1 aromatic carbocycles. The number of carbonyl (C=O) groups excluding carboxylic acids is 3. The van der Waals surface area contributed by atoms with Crippen LogP contribution in [0, 0.1) is 5.92 Å². The van der Waals surface area contributed by atoms with E-state index >= 15 is 0 Å². The maximum atomic E-state index is 12.8. The van der Waals surface area contributed by atoms with Gasteiger partial charge >= 0.3 is 0 Å². The average Bonchev–Trinajstić information content (AvgIpc) is 3.09. The highest BCUT2D eigenvalue weighted by Crippen LogP contribution is 2.24. The number of rotatable bonds is 6. The fourth-order valence-electron chi connectivity index (χ4n) is 4.07. The van der Waals surface area contributed by atoms with Gasteiger partial charge in [0.05, 0.1) is 12.2 Å². The standard InChI is InChI=1S/C21H30N4O5S/c1-14(2)25-13-16(12-19(25)26)21(28)24-10-8-17(9-11-24)22-20(27)15-4-6-18(7-5-15)23-31(3,29)30/h4-7,14,16-17,23H,8-13H2,1-3H3,(H,22,27). The second-order valence-electron chi connectivity index (χ2n) is 8.57. The molecule has 0 spiro atoms. The van der Waals surface area contributed by atoms with Crippen LogP contribution in [0.1, 0.15) is 43.5 Å². The second kappa shape index (κ2) is 9.25. The van der Waals surface area contributed by atoms with Crippen LogP contribution in [-0.2, 0) is 19.6 Å². The van der Waals surface area contributed by atoms with Gasteiger partial charge in [-0.05, 0) is 51.0 Å². The average molecular weight is 451 g/mol. The number of likely N-dealkylation sites (tertiary alicyclic amines) is 2. The number of amides is 3. The van der Waals surface area contributed by atoms with Crippen molar-refractivity contribution in [2.75, 3.05) is 30.6 Å². The Morgan fingerprint density at radius 3 is 2.23 bits per heavy atom. The van der Waals surface area contributed by atoms with E-state index in [9.17, 15) is 22.8 Å². The third-order valence-electron chi connectivity index (χ3n) is 5.72. The van der Waals surface area contributed by atoms with Crippen LogP contribution in [0.15, 0.2) is 24.3 Å². The maximum absolute atomic E-state index is 12.8. The van der Waals surface area contributed by atoms with Crippen LogP contribution >= 0.6 is 0 Å². The predicted molar refractivity (Wildman–Crippen MR) is 117 cm³/mol. The van der Waals surface area contributed by atoms with Crippen molar-refractivity contribution in [3.8, 4) is 0 Å². The fraction of sp³-hybridized carbons (Fsp3) is 0.571. The lowest BCUT2D eigenvalue weighted by Gasteiger charge is -2.34. The molecule has 2 fully saturated rings. The van der Waals surface area contributed by atoms with Gasteiger partial charge in [0.2, 0.25) is 21.8 Å². The van der Waals surface area contributed by atoms with Gasteiger partial charge in [-0.1, -0.05) is 0 Å². The summed E-state index contributed by atoms with van der Waals surface area (Å²) in [6.45, 7) is 5.49. The van der Waals surface area contributed by atoms with Crippen LogP contribution in [0.25, 0.3) is 0 Å². The molecule has 31 heavy (non-hydrogen) atoms. The van der Waals surface area contributed by atoms with E-state index in [2.05, 4.69) is 10.0 Å². The summed E-state index contributed by atoms with van der Waals surface area (Å²) >= 11 is 0. The molecule has 3 rings (SSSR count). The summed E-state index contributed by atoms with van der Waals surface area (Å²) < 4.78 is 24.9. The van der Waals surface area contributed by atoms with Gasteiger partial charge in [-0.2, -0.15) is 0 Å². The molecule has 2 heterocycles. The minimum absolute atomic E-state index is 0.0234. The van der Waals surface area contributed by atoms with Crippen LogP contribution in [0.2, 0.25) is 0 Å². The van der Waals surface area contributed by atoms with Crippen molar-refractivity contribution in [2.45, 2.75) is 45.2 Å². The molecule has 2 aliphatic rings. The minimum Gasteiger partial charge on any atom is -0.349 e. The Balaban J connectivity index is 1.48. The maximum Gasteiger partial charge on any atom is 0.251 e. The molecular formula is C21H30N4O5S. The first kappa shape index (κ1) is 23.1. The van der Waals surface area contributed by atoms with Gasteiger partial charge in [0, 0.05) is 49.4 Å². The first-order valence-electron chi connectivity index (χ1n) is 10.5. The summed E-state index contributed by atoms with van der Waals surface area (Å²) in [5.41, 5.74) is 0.836. The molecule has 0 aliphatic carbocycles. The quantitative estimate of drug-likeness (QED) is 0.672. The molecule has 2 saturated heterocycles. The van der Waals surface area contributed by atoms with Gasteiger partial charge in [0.1, 0.15) is 0 Å². The Morgan fingerprint density at radius 2 is 1.71 bits per heavy atom. The molecule has 3 amide bonds. The topological polar surface area (TPSA) is 116 Å².